The lowest BCUT2D eigenvalue weighted by Gasteiger charge is -2.24. The van der Waals surface area contributed by atoms with Crippen LogP contribution in [0.4, 0.5) is 28.4 Å². The quantitative estimate of drug-likeness (QED) is 0.0761. The summed E-state index contributed by atoms with van der Waals surface area (Å²) in [6.07, 6.45) is 3.22. The lowest BCUT2D eigenvalue weighted by Crippen LogP contribution is -2.37. The van der Waals surface area contributed by atoms with E-state index in [1.54, 1.807) is 51.0 Å². The van der Waals surface area contributed by atoms with Gasteiger partial charge in [0.05, 0.1) is 47.7 Å². The lowest BCUT2D eigenvalue weighted by molar-refractivity contribution is -0.385. The number of nitro groups is 1. The summed E-state index contributed by atoms with van der Waals surface area (Å²) in [4.78, 5) is 47.5. The van der Waals surface area contributed by atoms with Crippen LogP contribution in [0.2, 0.25) is 0 Å². The van der Waals surface area contributed by atoms with E-state index >= 15 is 0 Å². The number of nitro benzene ring substituents is 1. The Morgan fingerprint density at radius 1 is 0.875 bits per heavy atom. The van der Waals surface area contributed by atoms with Crippen molar-refractivity contribution in [1.82, 2.24) is 0 Å². The number of carbonyl (C=O) groups excluding carboxylic acids is 2. The number of non-ortho nitro benzene ring substituents is 1. The van der Waals surface area contributed by atoms with E-state index in [9.17, 15) is 19.7 Å². The summed E-state index contributed by atoms with van der Waals surface area (Å²) in [6, 6.07) is 26.8. The van der Waals surface area contributed by atoms with Gasteiger partial charge in [-0.3, -0.25) is 29.6 Å². The molecule has 13 nitrogen and oxygen atoms in total. The molecule has 14 heteroatoms. The number of methoxy groups -OCH3 is 2. The van der Waals surface area contributed by atoms with E-state index in [0.717, 1.165) is 28.9 Å². The fraction of sp³-hybridized carbons (Fsp3) is 0.214. The molecule has 3 aliphatic heterocycles. The average molecular weight is 772 g/mol. The van der Waals surface area contributed by atoms with Crippen LogP contribution in [0.25, 0.3) is 0 Å². The van der Waals surface area contributed by atoms with E-state index in [1.165, 1.54) is 26.4 Å². The van der Waals surface area contributed by atoms with Crippen molar-refractivity contribution >= 4 is 55.9 Å². The van der Waals surface area contributed by atoms with Gasteiger partial charge in [-0.05, 0) is 68.4 Å². The molecule has 5 aromatic rings. The minimum absolute atomic E-state index is 0.0440. The van der Waals surface area contributed by atoms with Crippen molar-refractivity contribution in [3.05, 3.63) is 134 Å². The molecule has 0 spiro atoms. The van der Waals surface area contributed by atoms with Gasteiger partial charge in [0.1, 0.15) is 13.2 Å². The number of aliphatic imine (C=N–C) groups is 1. The van der Waals surface area contributed by atoms with Crippen LogP contribution in [0.1, 0.15) is 43.0 Å². The van der Waals surface area contributed by atoms with Crippen LogP contribution in [0, 0.1) is 10.1 Å². The molecule has 0 aromatic heterocycles. The van der Waals surface area contributed by atoms with E-state index in [4.69, 9.17) is 18.9 Å². The lowest BCUT2D eigenvalue weighted by atomic mass is 10.1. The molecule has 0 bridgehead atoms. The van der Waals surface area contributed by atoms with Crippen LogP contribution in [-0.4, -0.2) is 56.8 Å². The fourth-order valence-electron chi connectivity index (χ4n) is 7.51. The molecule has 0 aliphatic carbocycles. The summed E-state index contributed by atoms with van der Waals surface area (Å²) in [5.74, 6) is 0.994. The molecular weight excluding hydrogens is 733 g/mol. The zero-order valence-electron chi connectivity index (χ0n) is 30.9. The molecule has 0 N–H and O–H groups in total. The van der Waals surface area contributed by atoms with Gasteiger partial charge in [-0.15, -0.1) is 0 Å². The number of carbonyl (C=O) groups is 2. The number of amides is 2. The summed E-state index contributed by atoms with van der Waals surface area (Å²) in [6.45, 7) is 0.474. The van der Waals surface area contributed by atoms with Crippen LogP contribution in [-0.2, 0) is 26.1 Å². The Morgan fingerprint density at radius 3 is 2.20 bits per heavy atom. The van der Waals surface area contributed by atoms with Gasteiger partial charge >= 0.3 is 0 Å². The Labute approximate surface area is 325 Å². The molecule has 284 valence electrons. The monoisotopic (exact) mass is 771 g/mol. The standard InChI is InChI=1S/C42H38N5O8P/c1-44(56)36-21-40(38(53-3)19-32(36)41(48)45-13-12-27-8-4-6-10-34(27)45)55-24-26-14-25(15-29(16-26)47(50)51)23-54-39-20-33-31(18-37(39)52-2)42(49)46-30(22-43-33)17-28-9-5-7-11-35(28)46/h4-11,14-16,18-22,30H,12-13,17,23-24,56H2,1-3H3. The fourth-order valence-corrected chi connectivity index (χ4v) is 7.72. The molecule has 3 aliphatic rings. The maximum atomic E-state index is 13.9. The van der Waals surface area contributed by atoms with Crippen molar-refractivity contribution < 1.29 is 33.5 Å². The predicted molar refractivity (Wildman–Crippen MR) is 217 cm³/mol. The Hall–Kier alpha value is -6.46. The zero-order chi connectivity index (χ0) is 39.1. The van der Waals surface area contributed by atoms with Crippen LogP contribution < -0.4 is 33.4 Å². The van der Waals surface area contributed by atoms with Crippen molar-refractivity contribution in [2.75, 3.05) is 42.3 Å². The van der Waals surface area contributed by atoms with Crippen LogP contribution in [0.3, 0.4) is 0 Å². The number of ether oxygens (including phenoxy) is 4. The largest absolute Gasteiger partial charge is 0.493 e. The number of benzene rings is 5. The molecule has 56 heavy (non-hydrogen) atoms. The topological polar surface area (TPSA) is 136 Å². The van der Waals surface area contributed by atoms with Gasteiger partial charge in [-0.25, -0.2) is 0 Å². The van der Waals surface area contributed by atoms with E-state index in [-0.39, 0.29) is 36.8 Å². The molecular formula is C42H38N5O8P. The number of nitrogens with zero attached hydrogens (tertiary/aromatic N) is 5. The third kappa shape index (κ3) is 6.75. The number of hydrogen-bond acceptors (Lipinski definition) is 10. The molecule has 0 saturated heterocycles. The Balaban J connectivity index is 1.02. The van der Waals surface area contributed by atoms with Gasteiger partial charge in [0.25, 0.3) is 17.5 Å². The van der Waals surface area contributed by atoms with E-state index in [0.29, 0.717) is 69.6 Å². The minimum Gasteiger partial charge on any atom is -0.493 e. The van der Waals surface area contributed by atoms with E-state index in [1.807, 2.05) is 55.6 Å². The highest BCUT2D eigenvalue weighted by molar-refractivity contribution is 7.19. The summed E-state index contributed by atoms with van der Waals surface area (Å²) < 4.78 is 25.5. The maximum absolute atomic E-state index is 13.9. The van der Waals surface area contributed by atoms with Crippen LogP contribution >= 0.6 is 9.39 Å². The predicted octanol–water partition coefficient (Wildman–Crippen LogP) is 7.49. The van der Waals surface area contributed by atoms with E-state index in [2.05, 4.69) is 14.4 Å². The first-order valence-electron chi connectivity index (χ1n) is 17.9. The third-order valence-corrected chi connectivity index (χ3v) is 10.5. The van der Waals surface area contributed by atoms with Crippen molar-refractivity contribution in [3.8, 4) is 23.0 Å². The summed E-state index contributed by atoms with van der Waals surface area (Å²) in [7, 11) is 7.36. The van der Waals surface area contributed by atoms with Crippen LogP contribution in [0.5, 0.6) is 23.0 Å². The second kappa shape index (κ2) is 15.0. The second-order valence-electron chi connectivity index (χ2n) is 13.7. The molecule has 0 fully saturated rings. The molecule has 5 aromatic carbocycles. The minimum atomic E-state index is -0.473. The van der Waals surface area contributed by atoms with Crippen molar-refractivity contribution in [2.24, 2.45) is 4.99 Å². The SMILES string of the molecule is COc1cc2c(cc1OCc1cc(COc3cc(N(C)P)c(C(=O)N4CCc5ccccc54)cc3OC)cc([N+](=O)[O-])c1)N=CC1Cc3ccccc3N1C2=O. The number of rotatable bonds is 11. The number of hydrogen-bond donors (Lipinski definition) is 0. The normalized spacial score (nSPS) is 15.0. The summed E-state index contributed by atoms with van der Waals surface area (Å²) in [5.41, 5.74) is 6.68. The van der Waals surface area contributed by atoms with Crippen molar-refractivity contribution in [2.45, 2.75) is 32.1 Å². The molecule has 2 unspecified atom stereocenters. The highest BCUT2D eigenvalue weighted by Gasteiger charge is 2.36. The first kappa shape index (κ1) is 36.5. The van der Waals surface area contributed by atoms with E-state index < -0.39 is 4.92 Å². The highest BCUT2D eigenvalue weighted by atomic mass is 31.0. The third-order valence-electron chi connectivity index (χ3n) is 10.2. The Kier molecular flexibility index (Phi) is 9.78. The van der Waals surface area contributed by atoms with Gasteiger partial charge in [0, 0.05) is 61.9 Å². The maximum Gasteiger partial charge on any atom is 0.270 e. The number of para-hydroxylation sites is 2. The molecule has 3 heterocycles. The van der Waals surface area contributed by atoms with Gasteiger partial charge < -0.3 is 28.5 Å². The van der Waals surface area contributed by atoms with Gasteiger partial charge in [-0.2, -0.15) is 0 Å². The van der Waals surface area contributed by atoms with Gasteiger partial charge in [-0.1, -0.05) is 36.4 Å². The second-order valence-corrected chi connectivity index (χ2v) is 14.5. The molecule has 2 amide bonds. The zero-order valence-corrected chi connectivity index (χ0v) is 32.1. The molecule has 2 atom stereocenters. The Bertz CT molecular complexity index is 2440. The van der Waals surface area contributed by atoms with Crippen LogP contribution in [0.15, 0.2) is 96.0 Å². The van der Waals surface area contributed by atoms with Gasteiger partial charge in [0.15, 0.2) is 23.0 Å². The van der Waals surface area contributed by atoms with Crippen molar-refractivity contribution in [1.29, 1.82) is 0 Å². The number of fused-ring (bicyclic) bond motifs is 5. The first-order chi connectivity index (χ1) is 27.1. The van der Waals surface area contributed by atoms with Crippen molar-refractivity contribution in [3.63, 3.8) is 0 Å². The highest BCUT2D eigenvalue weighted by Crippen LogP contribution is 2.42. The molecule has 8 rings (SSSR count). The molecule has 0 radical (unpaired) electrons. The molecule has 0 saturated carbocycles. The smallest absolute Gasteiger partial charge is 0.270 e. The average Bonchev–Trinajstić information content (AvgIpc) is 3.78. The summed E-state index contributed by atoms with van der Waals surface area (Å²) in [5, 5.41) is 12.0. The van der Waals surface area contributed by atoms with Gasteiger partial charge in [0.2, 0.25) is 0 Å². The Morgan fingerprint density at radius 2 is 1.52 bits per heavy atom. The summed E-state index contributed by atoms with van der Waals surface area (Å²) >= 11 is 0. The number of anilines is 3. The first-order valence-corrected chi connectivity index (χ1v) is 18.5.